The summed E-state index contributed by atoms with van der Waals surface area (Å²) < 4.78 is 5.35. The molecule has 23 heavy (non-hydrogen) atoms. The molecule has 1 aliphatic rings. The number of anilines is 1. The number of amides is 2. The van der Waals surface area contributed by atoms with Gasteiger partial charge in [-0.3, -0.25) is 4.79 Å². The van der Waals surface area contributed by atoms with Gasteiger partial charge in [-0.2, -0.15) is 0 Å². The molecule has 0 aliphatic carbocycles. The molecular weight excluding hydrogens is 320 g/mol. The number of ether oxygens (including phenoxy) is 1. The first-order valence-corrected chi connectivity index (χ1v) is 8.03. The third kappa shape index (κ3) is 4.01. The minimum absolute atomic E-state index is 0.129. The van der Waals surface area contributed by atoms with Crippen LogP contribution < -0.4 is 5.32 Å². The van der Waals surface area contributed by atoms with Crippen molar-refractivity contribution in [3.63, 3.8) is 0 Å². The Balaban J connectivity index is 2.26. The van der Waals surface area contributed by atoms with Crippen molar-refractivity contribution >= 4 is 34.3 Å². The Morgan fingerprint density at radius 3 is 2.48 bits per heavy atom. The third-order valence-electron chi connectivity index (χ3n) is 3.21. The molecule has 1 aromatic rings. The summed E-state index contributed by atoms with van der Waals surface area (Å²) in [5.41, 5.74) is 0.232. The van der Waals surface area contributed by atoms with E-state index in [1.54, 1.807) is 25.7 Å². The quantitative estimate of drug-likeness (QED) is 0.863. The minimum Gasteiger partial charge on any atom is -0.478 e. The van der Waals surface area contributed by atoms with Gasteiger partial charge < -0.3 is 20.1 Å². The number of hydrogen-bond acceptors (Lipinski definition) is 5. The van der Waals surface area contributed by atoms with Crippen molar-refractivity contribution in [1.82, 2.24) is 4.90 Å². The van der Waals surface area contributed by atoms with Gasteiger partial charge in [-0.1, -0.05) is 0 Å². The fourth-order valence-electron chi connectivity index (χ4n) is 2.36. The van der Waals surface area contributed by atoms with E-state index in [0.29, 0.717) is 23.5 Å². The highest BCUT2D eigenvalue weighted by Gasteiger charge is 2.31. The summed E-state index contributed by atoms with van der Waals surface area (Å²) in [7, 11) is 0. The lowest BCUT2D eigenvalue weighted by Gasteiger charge is -2.30. The Morgan fingerprint density at radius 1 is 1.30 bits per heavy atom. The molecule has 1 aromatic heterocycles. The number of rotatable bonds is 2. The standard InChI is InChI=1S/C15H20N2O5S/c1-8(18)16-12-11(13(19)20)9-5-6-17(7-10(9)23-12)14(21)22-15(2,3)4/h5-7H2,1-4H3,(H,16,18)(H,19,20). The minimum atomic E-state index is -1.07. The van der Waals surface area contributed by atoms with E-state index in [0.717, 1.165) is 4.88 Å². The lowest BCUT2D eigenvalue weighted by atomic mass is 10.0. The molecule has 126 valence electrons. The molecule has 2 N–H and O–H groups in total. The number of fused-ring (bicyclic) bond motifs is 1. The molecule has 0 spiro atoms. The monoisotopic (exact) mass is 340 g/mol. The summed E-state index contributed by atoms with van der Waals surface area (Å²) in [5, 5.41) is 12.3. The van der Waals surface area contributed by atoms with Crippen LogP contribution in [-0.2, 0) is 22.5 Å². The Labute approximate surface area is 138 Å². The molecule has 0 atom stereocenters. The smallest absolute Gasteiger partial charge is 0.410 e. The number of carbonyl (C=O) groups excluding carboxylic acids is 2. The summed E-state index contributed by atoms with van der Waals surface area (Å²) >= 11 is 1.20. The largest absolute Gasteiger partial charge is 0.478 e. The van der Waals surface area contributed by atoms with Crippen molar-refractivity contribution in [2.45, 2.75) is 46.3 Å². The average molecular weight is 340 g/mol. The Kier molecular flexibility index (Phi) is 4.65. The van der Waals surface area contributed by atoms with Crippen LogP contribution in [0.25, 0.3) is 0 Å². The Hall–Kier alpha value is -2.09. The number of carboxylic acid groups (broad SMARTS) is 1. The van der Waals surface area contributed by atoms with Crippen LogP contribution in [0.4, 0.5) is 9.80 Å². The molecule has 2 amide bonds. The Morgan fingerprint density at radius 2 is 1.96 bits per heavy atom. The van der Waals surface area contributed by atoms with Crippen molar-refractivity contribution in [3.8, 4) is 0 Å². The van der Waals surface area contributed by atoms with Crippen LogP contribution in [0.15, 0.2) is 0 Å². The summed E-state index contributed by atoms with van der Waals surface area (Å²) in [4.78, 5) is 37.2. The number of nitrogens with zero attached hydrogens (tertiary/aromatic N) is 1. The van der Waals surface area contributed by atoms with E-state index >= 15 is 0 Å². The normalized spacial score (nSPS) is 14.2. The molecule has 2 heterocycles. The molecule has 0 fully saturated rings. The molecule has 0 saturated heterocycles. The molecular formula is C15H20N2O5S. The highest BCUT2D eigenvalue weighted by molar-refractivity contribution is 7.17. The SMILES string of the molecule is CC(=O)Nc1sc2c(c1C(=O)O)CCN(C(=O)OC(C)(C)C)C2. The second-order valence-electron chi connectivity index (χ2n) is 6.35. The first-order chi connectivity index (χ1) is 10.6. The maximum Gasteiger partial charge on any atom is 0.410 e. The van der Waals surface area contributed by atoms with Crippen LogP contribution in [0.3, 0.4) is 0 Å². The van der Waals surface area contributed by atoms with Crippen molar-refractivity contribution in [2.75, 3.05) is 11.9 Å². The van der Waals surface area contributed by atoms with Gasteiger partial charge in [0.1, 0.15) is 10.6 Å². The predicted octanol–water partition coefficient (Wildman–Crippen LogP) is 2.70. The second kappa shape index (κ2) is 6.19. The van der Waals surface area contributed by atoms with Gasteiger partial charge in [-0.15, -0.1) is 11.3 Å². The van der Waals surface area contributed by atoms with Crippen LogP contribution in [0.5, 0.6) is 0 Å². The van der Waals surface area contributed by atoms with Gasteiger partial charge in [0.05, 0.1) is 12.1 Å². The third-order valence-corrected chi connectivity index (χ3v) is 4.34. The van der Waals surface area contributed by atoms with E-state index in [1.165, 1.54) is 18.3 Å². The van der Waals surface area contributed by atoms with E-state index in [4.69, 9.17) is 4.74 Å². The van der Waals surface area contributed by atoms with Crippen LogP contribution in [0, 0.1) is 0 Å². The fourth-order valence-corrected chi connectivity index (χ4v) is 3.66. The van der Waals surface area contributed by atoms with Crippen molar-refractivity contribution in [2.24, 2.45) is 0 Å². The van der Waals surface area contributed by atoms with Crippen LogP contribution in [0.2, 0.25) is 0 Å². The van der Waals surface area contributed by atoms with Gasteiger partial charge in [0.2, 0.25) is 5.91 Å². The van der Waals surface area contributed by atoms with Crippen molar-refractivity contribution in [1.29, 1.82) is 0 Å². The molecule has 0 saturated carbocycles. The molecule has 0 bridgehead atoms. The Bertz CT molecular complexity index is 660. The number of thiophene rings is 1. The van der Waals surface area contributed by atoms with E-state index in [9.17, 15) is 19.5 Å². The zero-order valence-electron chi connectivity index (χ0n) is 13.6. The van der Waals surface area contributed by atoms with Gasteiger partial charge in [-0.05, 0) is 32.8 Å². The van der Waals surface area contributed by atoms with Gasteiger partial charge in [-0.25, -0.2) is 9.59 Å². The zero-order valence-corrected chi connectivity index (χ0v) is 14.4. The molecule has 0 aromatic carbocycles. The van der Waals surface area contributed by atoms with E-state index in [1.807, 2.05) is 0 Å². The summed E-state index contributed by atoms with van der Waals surface area (Å²) in [6.07, 6.45) is 0.00115. The van der Waals surface area contributed by atoms with Crippen molar-refractivity contribution < 1.29 is 24.2 Å². The molecule has 0 radical (unpaired) electrons. The summed E-state index contributed by atoms with van der Waals surface area (Å²) in [6.45, 7) is 7.39. The van der Waals surface area contributed by atoms with Crippen LogP contribution >= 0.6 is 11.3 Å². The van der Waals surface area contributed by atoms with Gasteiger partial charge in [0.25, 0.3) is 0 Å². The number of aromatic carboxylic acids is 1. The first-order valence-electron chi connectivity index (χ1n) is 7.22. The molecule has 7 nitrogen and oxygen atoms in total. The van der Waals surface area contributed by atoms with E-state index in [2.05, 4.69) is 5.32 Å². The molecule has 8 heteroatoms. The lowest BCUT2D eigenvalue weighted by molar-refractivity contribution is -0.114. The zero-order chi connectivity index (χ0) is 17.4. The molecule has 1 aliphatic heterocycles. The van der Waals surface area contributed by atoms with E-state index < -0.39 is 17.7 Å². The topological polar surface area (TPSA) is 95.9 Å². The van der Waals surface area contributed by atoms with Gasteiger partial charge >= 0.3 is 12.1 Å². The maximum atomic E-state index is 12.1. The van der Waals surface area contributed by atoms with Crippen LogP contribution in [0.1, 0.15) is 48.5 Å². The van der Waals surface area contributed by atoms with Gasteiger partial charge in [0, 0.05) is 18.3 Å². The highest BCUT2D eigenvalue weighted by Crippen LogP contribution is 2.37. The highest BCUT2D eigenvalue weighted by atomic mass is 32.1. The van der Waals surface area contributed by atoms with Crippen LogP contribution in [-0.4, -0.2) is 40.1 Å². The van der Waals surface area contributed by atoms with Gasteiger partial charge in [0.15, 0.2) is 0 Å². The number of nitrogens with one attached hydrogen (secondary N) is 1. The molecule has 2 rings (SSSR count). The lowest BCUT2D eigenvalue weighted by Crippen LogP contribution is -2.39. The summed E-state index contributed by atoms with van der Waals surface area (Å²) in [6, 6.07) is 0. The first kappa shape index (κ1) is 17.3. The number of hydrogen-bond donors (Lipinski definition) is 2. The fraction of sp³-hybridized carbons (Fsp3) is 0.533. The molecule has 0 unspecified atom stereocenters. The number of carboxylic acids is 1. The second-order valence-corrected chi connectivity index (χ2v) is 7.45. The van der Waals surface area contributed by atoms with Crippen molar-refractivity contribution in [3.05, 3.63) is 16.0 Å². The summed E-state index contributed by atoms with van der Waals surface area (Å²) in [5.74, 6) is -1.40. The van der Waals surface area contributed by atoms with E-state index in [-0.39, 0.29) is 18.0 Å². The maximum absolute atomic E-state index is 12.1. The predicted molar refractivity (Wildman–Crippen MR) is 85.9 cm³/mol. The average Bonchev–Trinajstić information content (AvgIpc) is 2.72. The number of carbonyl (C=O) groups is 3.